The fourth-order valence-corrected chi connectivity index (χ4v) is 1.99. The minimum absolute atomic E-state index is 0.00575. The number of alkyl halides is 9. The van der Waals surface area contributed by atoms with Crippen LogP contribution in [-0.4, -0.2) is 4.57 Å². The van der Waals surface area contributed by atoms with Gasteiger partial charge in [0.15, 0.2) is 0 Å². The second kappa shape index (κ2) is 5.81. The number of halogens is 9. The van der Waals surface area contributed by atoms with Crippen LogP contribution in [-0.2, 0) is 18.5 Å². The fourth-order valence-electron chi connectivity index (χ4n) is 1.99. The summed E-state index contributed by atoms with van der Waals surface area (Å²) < 4.78 is 115. The van der Waals surface area contributed by atoms with Crippen LogP contribution < -0.4 is 5.56 Å². The number of nitrogens with zero attached hydrogens (tertiary/aromatic N) is 1. The zero-order chi connectivity index (χ0) is 19.2. The summed E-state index contributed by atoms with van der Waals surface area (Å²) in [5.74, 6) is 0. The molecule has 0 saturated heterocycles. The maximum absolute atomic E-state index is 13.1. The number of hydrogen-bond acceptors (Lipinski definition) is 1. The van der Waals surface area contributed by atoms with Gasteiger partial charge in [-0.2, -0.15) is 39.5 Å². The molecular weight excluding hydrogens is 369 g/mol. The predicted octanol–water partition coefficient (Wildman–Crippen LogP) is 4.89. The molecule has 0 fully saturated rings. The Bertz CT molecular complexity index is 843. The standard InChI is InChI=1S/C14H6F9NO/c15-12(16,17)7-1-3-10(9(5-7)14(21,22)23)24-6-8(13(18,19)20)2-4-11(24)25/h1-6H. The van der Waals surface area contributed by atoms with Crippen molar-refractivity contribution in [3.05, 3.63) is 63.6 Å². The van der Waals surface area contributed by atoms with Crippen LogP contribution in [0.2, 0.25) is 0 Å². The number of benzene rings is 1. The first kappa shape index (κ1) is 18.9. The summed E-state index contributed by atoms with van der Waals surface area (Å²) in [4.78, 5) is 11.7. The van der Waals surface area contributed by atoms with E-state index in [1.165, 1.54) is 0 Å². The first-order valence-corrected chi connectivity index (χ1v) is 6.30. The third-order valence-corrected chi connectivity index (χ3v) is 3.13. The molecule has 2 rings (SSSR count). The molecule has 0 aliphatic carbocycles. The molecule has 0 bridgehead atoms. The van der Waals surface area contributed by atoms with Gasteiger partial charge in [-0.1, -0.05) is 0 Å². The molecule has 0 aliphatic rings. The fraction of sp³-hybridized carbons (Fsp3) is 0.214. The van der Waals surface area contributed by atoms with Crippen molar-refractivity contribution in [3.8, 4) is 5.69 Å². The smallest absolute Gasteiger partial charge is 0.283 e. The molecule has 0 spiro atoms. The summed E-state index contributed by atoms with van der Waals surface area (Å²) in [5.41, 5.74) is -7.37. The normalized spacial score (nSPS) is 13.2. The maximum atomic E-state index is 13.1. The summed E-state index contributed by atoms with van der Waals surface area (Å²) in [6, 6.07) is 1.02. The van der Waals surface area contributed by atoms with E-state index in [0.717, 1.165) is 0 Å². The van der Waals surface area contributed by atoms with Crippen LogP contribution in [0.4, 0.5) is 39.5 Å². The lowest BCUT2D eigenvalue weighted by Gasteiger charge is -2.18. The van der Waals surface area contributed by atoms with E-state index < -0.39 is 46.5 Å². The van der Waals surface area contributed by atoms with Crippen molar-refractivity contribution in [1.29, 1.82) is 0 Å². The molecule has 0 atom stereocenters. The number of pyridine rings is 1. The van der Waals surface area contributed by atoms with E-state index in [4.69, 9.17) is 0 Å². The van der Waals surface area contributed by atoms with Crippen LogP contribution in [0.15, 0.2) is 41.3 Å². The summed E-state index contributed by atoms with van der Waals surface area (Å²) in [6.45, 7) is 0. The zero-order valence-electron chi connectivity index (χ0n) is 11.7. The quantitative estimate of drug-likeness (QED) is 0.651. The second-order valence-corrected chi connectivity index (χ2v) is 4.85. The van der Waals surface area contributed by atoms with E-state index in [0.29, 0.717) is 18.2 Å². The average Bonchev–Trinajstić information content (AvgIpc) is 2.44. The molecule has 2 aromatic rings. The van der Waals surface area contributed by atoms with Crippen molar-refractivity contribution in [2.75, 3.05) is 0 Å². The molecule has 1 heterocycles. The van der Waals surface area contributed by atoms with Crippen LogP contribution in [0.25, 0.3) is 5.69 Å². The van der Waals surface area contributed by atoms with Crippen molar-refractivity contribution in [3.63, 3.8) is 0 Å². The SMILES string of the molecule is O=c1ccc(C(F)(F)F)cn1-c1ccc(C(F)(F)F)cc1C(F)(F)F. The van der Waals surface area contributed by atoms with Crippen molar-refractivity contribution in [2.45, 2.75) is 18.5 Å². The highest BCUT2D eigenvalue weighted by molar-refractivity contribution is 5.46. The lowest BCUT2D eigenvalue weighted by Crippen LogP contribution is -2.23. The second-order valence-electron chi connectivity index (χ2n) is 4.85. The van der Waals surface area contributed by atoms with E-state index in [9.17, 15) is 44.3 Å². The molecule has 0 N–H and O–H groups in total. The highest BCUT2D eigenvalue weighted by atomic mass is 19.4. The van der Waals surface area contributed by atoms with E-state index >= 15 is 0 Å². The van der Waals surface area contributed by atoms with Gasteiger partial charge in [0, 0.05) is 12.3 Å². The monoisotopic (exact) mass is 375 g/mol. The molecule has 1 aromatic carbocycles. The number of hydrogen-bond donors (Lipinski definition) is 0. The first-order chi connectivity index (χ1) is 11.2. The van der Waals surface area contributed by atoms with E-state index in [1.807, 2.05) is 0 Å². The van der Waals surface area contributed by atoms with Gasteiger partial charge in [0.1, 0.15) is 0 Å². The Hall–Kier alpha value is -2.46. The number of aromatic nitrogens is 1. The van der Waals surface area contributed by atoms with Gasteiger partial charge in [-0.15, -0.1) is 0 Å². The van der Waals surface area contributed by atoms with Crippen LogP contribution >= 0.6 is 0 Å². The molecule has 2 nitrogen and oxygen atoms in total. The Morgan fingerprint density at radius 2 is 1.20 bits per heavy atom. The molecule has 0 radical (unpaired) electrons. The number of rotatable bonds is 1. The van der Waals surface area contributed by atoms with Gasteiger partial charge in [-0.05, 0) is 24.3 Å². The average molecular weight is 375 g/mol. The van der Waals surface area contributed by atoms with Gasteiger partial charge in [-0.3, -0.25) is 9.36 Å². The van der Waals surface area contributed by atoms with Crippen LogP contribution in [0.1, 0.15) is 16.7 Å². The minimum Gasteiger partial charge on any atom is -0.283 e. The summed E-state index contributed by atoms with van der Waals surface area (Å²) in [6.07, 6.45) is -15.3. The Morgan fingerprint density at radius 1 is 0.680 bits per heavy atom. The van der Waals surface area contributed by atoms with E-state index in [-0.39, 0.29) is 22.9 Å². The van der Waals surface area contributed by atoms with Crippen molar-refractivity contribution in [1.82, 2.24) is 4.57 Å². The summed E-state index contributed by atoms with van der Waals surface area (Å²) in [7, 11) is 0. The first-order valence-electron chi connectivity index (χ1n) is 6.30. The highest BCUT2D eigenvalue weighted by Crippen LogP contribution is 2.38. The summed E-state index contributed by atoms with van der Waals surface area (Å²) >= 11 is 0. The molecular formula is C14H6F9NO. The Morgan fingerprint density at radius 3 is 1.68 bits per heavy atom. The molecule has 25 heavy (non-hydrogen) atoms. The molecule has 136 valence electrons. The molecule has 0 unspecified atom stereocenters. The van der Waals surface area contributed by atoms with Gasteiger partial charge < -0.3 is 0 Å². The van der Waals surface area contributed by atoms with Crippen LogP contribution in [0, 0.1) is 0 Å². The van der Waals surface area contributed by atoms with Crippen molar-refractivity contribution in [2.24, 2.45) is 0 Å². The lowest BCUT2D eigenvalue weighted by molar-refractivity contribution is -0.143. The Labute approximate surface area is 133 Å². The van der Waals surface area contributed by atoms with Crippen molar-refractivity contribution >= 4 is 0 Å². The molecule has 0 amide bonds. The topological polar surface area (TPSA) is 22.0 Å². The van der Waals surface area contributed by atoms with Crippen LogP contribution in [0.3, 0.4) is 0 Å². The van der Waals surface area contributed by atoms with Gasteiger partial charge in [-0.25, -0.2) is 0 Å². The highest BCUT2D eigenvalue weighted by Gasteiger charge is 2.39. The third-order valence-electron chi connectivity index (χ3n) is 3.13. The van der Waals surface area contributed by atoms with Crippen LogP contribution in [0.5, 0.6) is 0 Å². The van der Waals surface area contributed by atoms with Crippen molar-refractivity contribution < 1.29 is 39.5 Å². The predicted molar refractivity (Wildman–Crippen MR) is 67.0 cm³/mol. The van der Waals surface area contributed by atoms with Gasteiger partial charge in [0.05, 0.1) is 22.4 Å². The zero-order valence-corrected chi connectivity index (χ0v) is 11.7. The third kappa shape index (κ3) is 3.97. The van der Waals surface area contributed by atoms with E-state index in [2.05, 4.69) is 0 Å². The Kier molecular flexibility index (Phi) is 4.39. The molecule has 1 aromatic heterocycles. The largest absolute Gasteiger partial charge is 0.418 e. The van der Waals surface area contributed by atoms with Gasteiger partial charge in [0.25, 0.3) is 5.56 Å². The molecule has 0 saturated carbocycles. The molecule has 11 heteroatoms. The Balaban J connectivity index is 2.78. The maximum Gasteiger partial charge on any atom is 0.418 e. The molecule has 0 aliphatic heterocycles. The van der Waals surface area contributed by atoms with Gasteiger partial charge in [0.2, 0.25) is 0 Å². The van der Waals surface area contributed by atoms with Gasteiger partial charge >= 0.3 is 18.5 Å². The lowest BCUT2D eigenvalue weighted by atomic mass is 10.1. The minimum atomic E-state index is -5.33. The summed E-state index contributed by atoms with van der Waals surface area (Å²) in [5, 5.41) is 0. The van der Waals surface area contributed by atoms with E-state index in [1.54, 1.807) is 0 Å².